The van der Waals surface area contributed by atoms with Crippen molar-refractivity contribution in [1.29, 1.82) is 0 Å². The summed E-state index contributed by atoms with van der Waals surface area (Å²) in [5.74, 6) is -0.186. The molecule has 5 nitrogen and oxygen atoms in total. The van der Waals surface area contributed by atoms with Crippen LogP contribution in [0.15, 0.2) is 48.5 Å². The van der Waals surface area contributed by atoms with Crippen LogP contribution in [0.25, 0.3) is 0 Å². The highest BCUT2D eigenvalue weighted by Crippen LogP contribution is 2.22. The summed E-state index contributed by atoms with van der Waals surface area (Å²) in [7, 11) is 0. The van der Waals surface area contributed by atoms with Gasteiger partial charge in [0.25, 0.3) is 5.91 Å². The van der Waals surface area contributed by atoms with Crippen molar-refractivity contribution in [2.45, 2.75) is 0 Å². The van der Waals surface area contributed by atoms with Gasteiger partial charge in [0.1, 0.15) is 0 Å². The van der Waals surface area contributed by atoms with Crippen molar-refractivity contribution in [2.75, 3.05) is 18.4 Å². The molecule has 0 aromatic heterocycles. The molecule has 0 saturated heterocycles. The summed E-state index contributed by atoms with van der Waals surface area (Å²) < 4.78 is 0. The van der Waals surface area contributed by atoms with Crippen LogP contribution < -0.4 is 16.0 Å². The largest absolute Gasteiger partial charge is 0.350 e. The van der Waals surface area contributed by atoms with E-state index in [2.05, 4.69) is 16.0 Å². The maximum Gasteiger partial charge on any atom is 0.319 e. The second-order valence-corrected chi connectivity index (χ2v) is 5.53. The molecule has 120 valence electrons. The summed E-state index contributed by atoms with van der Waals surface area (Å²) in [5.41, 5.74) is 1.07. The van der Waals surface area contributed by atoms with Crippen LogP contribution in [0.3, 0.4) is 0 Å². The Kier molecular flexibility index (Phi) is 6.26. The molecule has 0 spiro atoms. The average Bonchev–Trinajstić information content (AvgIpc) is 2.51. The predicted octanol–water partition coefficient (Wildman–Crippen LogP) is 3.54. The summed E-state index contributed by atoms with van der Waals surface area (Å²) in [6.45, 7) is 0.607. The number of nitrogens with one attached hydrogen (secondary N) is 3. The molecule has 0 aliphatic rings. The fraction of sp³-hybridized carbons (Fsp3) is 0.125. The van der Waals surface area contributed by atoms with Gasteiger partial charge in [-0.2, -0.15) is 0 Å². The third-order valence-corrected chi connectivity index (χ3v) is 3.29. The first-order valence-corrected chi connectivity index (χ1v) is 7.64. The zero-order valence-electron chi connectivity index (χ0n) is 12.1. The molecular weight excluding hydrogens is 337 g/mol. The summed E-state index contributed by atoms with van der Waals surface area (Å²) in [6.07, 6.45) is 0. The lowest BCUT2D eigenvalue weighted by atomic mass is 10.2. The van der Waals surface area contributed by atoms with Crippen LogP contribution in [0.2, 0.25) is 10.0 Å². The number of hydrogen-bond acceptors (Lipinski definition) is 2. The van der Waals surface area contributed by atoms with Gasteiger partial charge in [-0.25, -0.2) is 4.79 Å². The van der Waals surface area contributed by atoms with E-state index in [1.807, 2.05) is 6.07 Å². The molecule has 0 radical (unpaired) electrons. The second-order valence-electron chi connectivity index (χ2n) is 4.66. The minimum Gasteiger partial charge on any atom is -0.350 e. The summed E-state index contributed by atoms with van der Waals surface area (Å²) >= 11 is 11.7. The minimum absolute atomic E-state index is 0.186. The van der Waals surface area contributed by atoms with Gasteiger partial charge in [0, 0.05) is 34.4 Å². The molecule has 0 unspecified atom stereocenters. The molecule has 0 heterocycles. The highest BCUT2D eigenvalue weighted by atomic mass is 35.5. The van der Waals surface area contributed by atoms with E-state index in [1.54, 1.807) is 42.5 Å². The van der Waals surface area contributed by atoms with Crippen LogP contribution in [0.1, 0.15) is 10.4 Å². The topological polar surface area (TPSA) is 70.2 Å². The Labute approximate surface area is 144 Å². The predicted molar refractivity (Wildman–Crippen MR) is 92.3 cm³/mol. The Balaban J connectivity index is 1.72. The molecule has 3 N–H and O–H groups in total. The Morgan fingerprint density at radius 3 is 2.13 bits per heavy atom. The first-order valence-electron chi connectivity index (χ1n) is 6.89. The number of halogens is 2. The number of anilines is 1. The number of urea groups is 1. The molecule has 2 aromatic rings. The van der Waals surface area contributed by atoms with Crippen molar-refractivity contribution < 1.29 is 9.59 Å². The second kappa shape index (κ2) is 8.41. The van der Waals surface area contributed by atoms with Crippen molar-refractivity contribution in [3.8, 4) is 0 Å². The standard InChI is InChI=1S/C16H15Cl2N3O2/c17-12-8-13(18)10-14(9-12)21-16(23)20-7-6-19-15(22)11-4-2-1-3-5-11/h1-5,8-10H,6-7H2,(H,19,22)(H2,20,21,23). The highest BCUT2D eigenvalue weighted by Gasteiger charge is 2.05. The van der Waals surface area contributed by atoms with Gasteiger partial charge in [-0.15, -0.1) is 0 Å². The highest BCUT2D eigenvalue weighted by molar-refractivity contribution is 6.35. The van der Waals surface area contributed by atoms with Crippen LogP contribution in [0.4, 0.5) is 10.5 Å². The molecule has 0 bridgehead atoms. The van der Waals surface area contributed by atoms with E-state index in [0.717, 1.165) is 0 Å². The smallest absolute Gasteiger partial charge is 0.319 e. The lowest BCUT2D eigenvalue weighted by Crippen LogP contribution is -2.36. The van der Waals surface area contributed by atoms with Crippen LogP contribution in [-0.2, 0) is 0 Å². The Hall–Kier alpha value is -2.24. The van der Waals surface area contributed by atoms with Gasteiger partial charge in [-0.3, -0.25) is 4.79 Å². The van der Waals surface area contributed by atoms with E-state index < -0.39 is 6.03 Å². The number of carbonyl (C=O) groups is 2. The van der Waals surface area contributed by atoms with E-state index in [9.17, 15) is 9.59 Å². The fourth-order valence-corrected chi connectivity index (χ4v) is 2.37. The lowest BCUT2D eigenvalue weighted by molar-refractivity contribution is 0.0954. The third-order valence-electron chi connectivity index (χ3n) is 2.85. The first kappa shape index (κ1) is 17.1. The van der Waals surface area contributed by atoms with Crippen LogP contribution >= 0.6 is 23.2 Å². The van der Waals surface area contributed by atoms with Crippen LogP contribution in [0, 0.1) is 0 Å². The maximum atomic E-state index is 11.8. The van der Waals surface area contributed by atoms with E-state index in [4.69, 9.17) is 23.2 Å². The van der Waals surface area contributed by atoms with E-state index >= 15 is 0 Å². The first-order chi connectivity index (χ1) is 11.0. The number of carbonyl (C=O) groups excluding carboxylic acids is 2. The van der Waals surface area contributed by atoms with E-state index in [0.29, 0.717) is 34.4 Å². The molecule has 0 aliphatic heterocycles. The van der Waals surface area contributed by atoms with Crippen molar-refractivity contribution in [1.82, 2.24) is 10.6 Å². The third kappa shape index (κ3) is 5.81. The molecule has 7 heteroatoms. The molecule has 0 atom stereocenters. The summed E-state index contributed by atoms with van der Waals surface area (Å²) in [5, 5.41) is 8.82. The fourth-order valence-electron chi connectivity index (χ4n) is 1.84. The number of rotatable bonds is 5. The molecule has 0 fully saturated rings. The molecular formula is C16H15Cl2N3O2. The zero-order chi connectivity index (χ0) is 16.7. The molecule has 23 heavy (non-hydrogen) atoms. The monoisotopic (exact) mass is 351 g/mol. The Morgan fingerprint density at radius 2 is 1.48 bits per heavy atom. The quantitative estimate of drug-likeness (QED) is 0.721. The Bertz CT molecular complexity index is 673. The molecule has 2 rings (SSSR count). The lowest BCUT2D eigenvalue weighted by Gasteiger charge is -2.09. The summed E-state index contributed by atoms with van der Waals surface area (Å²) in [6, 6.07) is 13.2. The van der Waals surface area contributed by atoms with Gasteiger partial charge < -0.3 is 16.0 Å². The van der Waals surface area contributed by atoms with E-state index in [-0.39, 0.29) is 5.91 Å². The SMILES string of the molecule is O=C(NCCNC(=O)c1ccccc1)Nc1cc(Cl)cc(Cl)c1. The van der Waals surface area contributed by atoms with Gasteiger partial charge >= 0.3 is 6.03 Å². The Morgan fingerprint density at radius 1 is 0.870 bits per heavy atom. The van der Waals surface area contributed by atoms with Crippen LogP contribution in [0.5, 0.6) is 0 Å². The van der Waals surface area contributed by atoms with E-state index in [1.165, 1.54) is 0 Å². The average molecular weight is 352 g/mol. The zero-order valence-corrected chi connectivity index (χ0v) is 13.6. The van der Waals surface area contributed by atoms with Gasteiger partial charge in [0.15, 0.2) is 0 Å². The number of amides is 3. The van der Waals surface area contributed by atoms with Crippen molar-refractivity contribution in [3.63, 3.8) is 0 Å². The van der Waals surface area contributed by atoms with Crippen molar-refractivity contribution >= 4 is 40.8 Å². The molecule has 3 amide bonds. The summed E-state index contributed by atoms with van der Waals surface area (Å²) in [4.78, 5) is 23.5. The molecule has 0 saturated carbocycles. The molecule has 2 aromatic carbocycles. The molecule has 0 aliphatic carbocycles. The van der Waals surface area contributed by atoms with Gasteiger partial charge in [-0.05, 0) is 30.3 Å². The number of benzene rings is 2. The van der Waals surface area contributed by atoms with Crippen molar-refractivity contribution in [2.24, 2.45) is 0 Å². The van der Waals surface area contributed by atoms with Crippen LogP contribution in [-0.4, -0.2) is 25.0 Å². The maximum absolute atomic E-state index is 11.8. The van der Waals surface area contributed by atoms with Gasteiger partial charge in [0.05, 0.1) is 0 Å². The normalized spacial score (nSPS) is 10.0. The van der Waals surface area contributed by atoms with Crippen molar-refractivity contribution in [3.05, 3.63) is 64.1 Å². The minimum atomic E-state index is -0.405. The van der Waals surface area contributed by atoms with Gasteiger partial charge in [-0.1, -0.05) is 41.4 Å². The van der Waals surface area contributed by atoms with Gasteiger partial charge in [0.2, 0.25) is 0 Å². The number of hydrogen-bond donors (Lipinski definition) is 3.